The fourth-order valence-corrected chi connectivity index (χ4v) is 4.94. The molecular weight excluding hydrogens is 685 g/mol. The fourth-order valence-electron chi connectivity index (χ4n) is 4.94. The fraction of sp³-hybridized carbons (Fsp3) is 0.171. The molecule has 6 nitrogen and oxygen atoms in total. The van der Waals surface area contributed by atoms with Gasteiger partial charge in [-0.05, 0) is 88.3 Å². The van der Waals surface area contributed by atoms with Gasteiger partial charge in [0, 0.05) is 5.69 Å². The molecule has 244 valence electrons. The van der Waals surface area contributed by atoms with E-state index in [0.29, 0.717) is 16.9 Å². The van der Waals surface area contributed by atoms with Gasteiger partial charge in [-0.3, -0.25) is 4.79 Å². The maximum absolute atomic E-state index is 13.5. The van der Waals surface area contributed by atoms with Gasteiger partial charge in [-0.2, -0.15) is 0 Å². The van der Waals surface area contributed by atoms with E-state index < -0.39 is 6.03 Å². The third kappa shape index (κ3) is 9.75. The third-order valence-electron chi connectivity index (χ3n) is 7.66. The quantitative estimate of drug-likeness (QED) is 0.0786. The summed E-state index contributed by atoms with van der Waals surface area (Å²) >= 11 is 0. The number of aryl methyl sites for hydroxylation is 7. The summed E-state index contributed by atoms with van der Waals surface area (Å²) in [7, 11) is 0. The minimum Gasteiger partial charge on any atom is -0.447 e. The third-order valence-corrected chi connectivity index (χ3v) is 7.66. The molecule has 5 rings (SSSR count). The van der Waals surface area contributed by atoms with Crippen LogP contribution in [0, 0.1) is 61.7 Å². The average molecular weight is 724 g/mol. The van der Waals surface area contributed by atoms with Crippen LogP contribution in [0.15, 0.2) is 108 Å². The van der Waals surface area contributed by atoms with Gasteiger partial charge in [0.1, 0.15) is 6.67 Å². The van der Waals surface area contributed by atoms with E-state index in [4.69, 9.17) is 6.57 Å². The van der Waals surface area contributed by atoms with Crippen LogP contribution in [0.2, 0.25) is 0 Å². The molecule has 0 aliphatic carbocycles. The van der Waals surface area contributed by atoms with E-state index in [9.17, 15) is 4.79 Å². The maximum atomic E-state index is 13.5. The summed E-state index contributed by atoms with van der Waals surface area (Å²) in [5.41, 5.74) is 11.8. The molecule has 0 saturated heterocycles. The van der Waals surface area contributed by atoms with E-state index in [1.165, 1.54) is 4.90 Å². The number of para-hydroxylation sites is 4. The van der Waals surface area contributed by atoms with Gasteiger partial charge in [0.25, 0.3) is 0 Å². The number of hydrogen-bond acceptors (Lipinski definition) is 3. The Labute approximate surface area is 299 Å². The smallest absolute Gasteiger partial charge is 0.447 e. The van der Waals surface area contributed by atoms with Crippen LogP contribution in [0.3, 0.4) is 0 Å². The second-order valence-corrected chi connectivity index (χ2v) is 11.4. The number of rotatable bonds is 7. The molecule has 0 unspecified atom stereocenters. The van der Waals surface area contributed by atoms with E-state index in [2.05, 4.69) is 33.4 Å². The second kappa shape index (κ2) is 17.8. The minimum absolute atomic E-state index is 0. The summed E-state index contributed by atoms with van der Waals surface area (Å²) in [6.45, 7) is 23.9. The van der Waals surface area contributed by atoms with Crippen molar-refractivity contribution in [1.82, 2.24) is 0 Å². The van der Waals surface area contributed by atoms with Gasteiger partial charge in [-0.25, -0.2) is 4.85 Å². The largest absolute Gasteiger partial charge is 2.00 e. The molecule has 2 radical (unpaired) electrons. The average Bonchev–Trinajstić information content (AvgIpc) is 3.04. The molecule has 5 aromatic carbocycles. The molecule has 5 aromatic rings. The molecule has 0 atom stereocenters. The normalized spacial score (nSPS) is 10.3. The zero-order valence-corrected chi connectivity index (χ0v) is 29.9. The molecule has 0 aromatic heterocycles. The van der Waals surface area contributed by atoms with Crippen LogP contribution in [0.25, 0.3) is 10.2 Å². The molecule has 0 saturated carbocycles. The zero-order chi connectivity index (χ0) is 33.9. The molecule has 0 spiro atoms. The molecule has 0 bridgehead atoms. The van der Waals surface area contributed by atoms with Crippen LogP contribution in [0.5, 0.6) is 0 Å². The Balaban J connectivity index is 0.000000487. The van der Waals surface area contributed by atoms with Crippen molar-refractivity contribution in [2.24, 2.45) is 4.99 Å². The summed E-state index contributed by atoms with van der Waals surface area (Å²) in [6, 6.07) is 32.5. The van der Waals surface area contributed by atoms with Gasteiger partial charge in [0.05, 0.1) is 6.57 Å². The number of carbonyl (C=O) groups excluding carboxylic acids is 1. The van der Waals surface area contributed by atoms with Crippen molar-refractivity contribution in [3.05, 3.63) is 171 Å². The van der Waals surface area contributed by atoms with Crippen LogP contribution in [0.1, 0.15) is 44.5 Å². The first-order valence-corrected chi connectivity index (χ1v) is 15.3. The first-order valence-electron chi connectivity index (χ1n) is 15.3. The molecule has 48 heavy (non-hydrogen) atoms. The summed E-state index contributed by atoms with van der Waals surface area (Å²) in [4.78, 5) is 22.9. The van der Waals surface area contributed by atoms with Crippen molar-refractivity contribution in [2.75, 3.05) is 10.2 Å². The summed E-state index contributed by atoms with van der Waals surface area (Å²) in [5.74, 6) is 0. The van der Waals surface area contributed by atoms with Crippen LogP contribution in [0.4, 0.5) is 33.2 Å². The van der Waals surface area contributed by atoms with Gasteiger partial charge in [-0.15, -0.1) is 29.4 Å². The number of benzene rings is 5. The predicted molar refractivity (Wildman–Crippen MR) is 196 cm³/mol. The topological polar surface area (TPSA) is 63.2 Å². The van der Waals surface area contributed by atoms with Crippen molar-refractivity contribution >= 4 is 40.7 Å². The number of aliphatic imine (C=N–C) groups is 1. The number of nitrogens with one attached hydrogen (secondary N) is 1. The zero-order valence-electron chi connectivity index (χ0n) is 28.3. The SMILES string of the molecule is Cc1ccc(N([C]Nc2c(C)cccc2C)C(=O)[N-]c2ccccc2[C-]=Nc2c(C)cccc2C)cc1.[C-]#[N+]c1c(C)cccc1C.[Pd+2]. The first-order chi connectivity index (χ1) is 22.6. The predicted octanol–water partition coefficient (Wildman–Crippen LogP) is 11.4. The number of urea groups is 1. The molecule has 0 aliphatic heterocycles. The van der Waals surface area contributed by atoms with Crippen LogP contribution < -0.4 is 10.2 Å². The molecule has 1 N–H and O–H groups in total. The second-order valence-electron chi connectivity index (χ2n) is 11.4. The Bertz CT molecular complexity index is 1860. The Morgan fingerprint density at radius 3 is 1.79 bits per heavy atom. The Morgan fingerprint density at radius 1 is 0.729 bits per heavy atom. The van der Waals surface area contributed by atoms with Gasteiger partial charge in [0.2, 0.25) is 0 Å². The van der Waals surface area contributed by atoms with Gasteiger partial charge in [-0.1, -0.05) is 102 Å². The number of hydrogen-bond donors (Lipinski definition) is 1. The van der Waals surface area contributed by atoms with Crippen molar-refractivity contribution in [2.45, 2.75) is 48.5 Å². The molecule has 0 aliphatic rings. The Hall–Kier alpha value is -5.01. The standard InChI is InChI=1S/C32H31N4O.C9H9N.Pd/c1-22-16-18-28(19-17-22)36(21-34-31-25(4)12-9-13-26(31)5)32(37)35-29-15-7-6-14-27(29)20-33-30-23(2)10-8-11-24(30)3;1-7-5-4-6-8(2)9(7)10-3;/h6-19,34H,1-5H3,(H,33,35,37);4-6H,1-2H3;/q-1;;+2/p-1. The van der Waals surface area contributed by atoms with Crippen molar-refractivity contribution in [1.29, 1.82) is 0 Å². The summed E-state index contributed by atoms with van der Waals surface area (Å²) in [6.07, 6.45) is 3.10. The van der Waals surface area contributed by atoms with Crippen molar-refractivity contribution in [3.63, 3.8) is 0 Å². The molecule has 7 heteroatoms. The number of carbonyl (C=O) groups is 1. The van der Waals surface area contributed by atoms with Crippen molar-refractivity contribution < 1.29 is 25.2 Å². The molecule has 0 heterocycles. The van der Waals surface area contributed by atoms with E-state index >= 15 is 0 Å². The summed E-state index contributed by atoms with van der Waals surface area (Å²) < 4.78 is 0. The Kier molecular flexibility index (Phi) is 13.9. The minimum atomic E-state index is -0.482. The van der Waals surface area contributed by atoms with Gasteiger partial charge >= 0.3 is 20.4 Å². The van der Waals surface area contributed by atoms with Gasteiger partial charge in [0.15, 0.2) is 11.7 Å². The van der Waals surface area contributed by atoms with Crippen molar-refractivity contribution in [3.8, 4) is 0 Å². The number of anilines is 2. The van der Waals surface area contributed by atoms with E-state index in [1.54, 1.807) is 6.07 Å². The monoisotopic (exact) mass is 723 g/mol. The number of amides is 2. The Morgan fingerprint density at radius 2 is 1.25 bits per heavy atom. The van der Waals surface area contributed by atoms with Crippen LogP contribution >= 0.6 is 0 Å². The molecule has 2 amide bonds. The molecule has 0 fully saturated rings. The van der Waals surface area contributed by atoms with Gasteiger partial charge < -0.3 is 20.5 Å². The maximum Gasteiger partial charge on any atom is 2.00 e. The van der Waals surface area contributed by atoms with E-state index in [-0.39, 0.29) is 20.4 Å². The first kappa shape index (κ1) is 37.5. The van der Waals surface area contributed by atoms with E-state index in [1.807, 2.05) is 146 Å². The van der Waals surface area contributed by atoms with E-state index in [0.717, 1.165) is 56.0 Å². The molecular formula is C41H39N5OPd. The van der Waals surface area contributed by atoms with Crippen LogP contribution in [-0.2, 0) is 20.4 Å². The van der Waals surface area contributed by atoms with Crippen LogP contribution in [-0.4, -0.2) is 12.2 Å². The summed E-state index contributed by atoms with van der Waals surface area (Å²) in [5, 5.41) is 7.63. The number of nitrogens with zero attached hydrogens (tertiary/aromatic N) is 4.